The summed E-state index contributed by atoms with van der Waals surface area (Å²) in [6, 6.07) is 0. The van der Waals surface area contributed by atoms with Crippen molar-refractivity contribution in [1.82, 2.24) is 5.32 Å². The third-order valence-corrected chi connectivity index (χ3v) is 3.93. The lowest BCUT2D eigenvalue weighted by Crippen LogP contribution is -2.62. The lowest BCUT2D eigenvalue weighted by Gasteiger charge is -2.52. The highest BCUT2D eigenvalue weighted by Gasteiger charge is 2.46. The van der Waals surface area contributed by atoms with E-state index in [4.69, 9.17) is 17.0 Å². The smallest absolute Gasteiger partial charge is 0.216 e. The fourth-order valence-electron chi connectivity index (χ4n) is 2.51. The second-order valence-electron chi connectivity index (χ2n) is 4.96. The first-order chi connectivity index (χ1) is 7.42. The molecular weight excluding hydrogens is 222 g/mol. The number of rotatable bonds is 3. The van der Waals surface area contributed by atoms with Crippen molar-refractivity contribution in [2.45, 2.75) is 52.5 Å². The SMILES string of the molecule is CC/C(=N\C(=N)Cl)NC1(C(C)C)CC[C@H]1C. The molecule has 0 aromatic heterocycles. The molecule has 2 N–H and O–H groups in total. The molecule has 92 valence electrons. The standard InChI is InChI=1S/C12H22ClN3/c1-5-10(15-11(13)14)16-12(8(2)3)7-6-9(12)4/h8-9H,5-7H2,1-4H3,(H2,14,15,16)/t9-,12?/m1/s1. The van der Waals surface area contributed by atoms with Gasteiger partial charge < -0.3 is 5.32 Å². The molecule has 0 spiro atoms. The second kappa shape index (κ2) is 5.17. The molecule has 0 heterocycles. The molecule has 1 rings (SSSR count). The van der Waals surface area contributed by atoms with Crippen molar-refractivity contribution >= 4 is 22.7 Å². The Hall–Kier alpha value is -0.570. The van der Waals surface area contributed by atoms with Crippen LogP contribution in [0.5, 0.6) is 0 Å². The summed E-state index contributed by atoms with van der Waals surface area (Å²) in [7, 11) is 0. The summed E-state index contributed by atoms with van der Waals surface area (Å²) in [6.07, 6.45) is 3.23. The van der Waals surface area contributed by atoms with Crippen molar-refractivity contribution in [3.8, 4) is 0 Å². The van der Waals surface area contributed by atoms with Gasteiger partial charge in [0.15, 0.2) is 0 Å². The second-order valence-corrected chi connectivity index (χ2v) is 5.32. The Morgan fingerprint density at radius 2 is 2.25 bits per heavy atom. The number of halogens is 1. The van der Waals surface area contributed by atoms with Crippen LogP contribution in [-0.2, 0) is 0 Å². The number of nitrogens with zero attached hydrogens (tertiary/aromatic N) is 1. The molecule has 2 atom stereocenters. The molecule has 0 saturated heterocycles. The van der Waals surface area contributed by atoms with Crippen molar-refractivity contribution < 1.29 is 0 Å². The van der Waals surface area contributed by atoms with Gasteiger partial charge in [-0.25, -0.2) is 4.99 Å². The van der Waals surface area contributed by atoms with Crippen LogP contribution in [0.1, 0.15) is 47.0 Å². The lowest BCUT2D eigenvalue weighted by atomic mass is 9.61. The predicted octanol–water partition coefficient (Wildman–Crippen LogP) is 3.38. The Morgan fingerprint density at radius 3 is 2.50 bits per heavy atom. The summed E-state index contributed by atoms with van der Waals surface area (Å²) in [5.41, 5.74) is 0.154. The van der Waals surface area contributed by atoms with E-state index in [0.717, 1.165) is 12.3 Å². The van der Waals surface area contributed by atoms with E-state index in [1.807, 2.05) is 6.92 Å². The Labute approximate surface area is 103 Å². The van der Waals surface area contributed by atoms with Gasteiger partial charge in [0, 0.05) is 12.0 Å². The first-order valence-electron chi connectivity index (χ1n) is 6.02. The fraction of sp³-hybridized carbons (Fsp3) is 0.833. The molecule has 0 aromatic rings. The molecule has 16 heavy (non-hydrogen) atoms. The van der Waals surface area contributed by atoms with Gasteiger partial charge in [0.2, 0.25) is 5.29 Å². The maximum absolute atomic E-state index is 7.21. The average Bonchev–Trinajstić information content (AvgIpc) is 2.20. The Kier molecular flexibility index (Phi) is 4.36. The minimum Gasteiger partial charge on any atom is -0.367 e. The first-order valence-corrected chi connectivity index (χ1v) is 6.40. The van der Waals surface area contributed by atoms with Crippen molar-refractivity contribution in [3.05, 3.63) is 0 Å². The van der Waals surface area contributed by atoms with E-state index in [0.29, 0.717) is 11.8 Å². The zero-order chi connectivity index (χ0) is 12.3. The minimum atomic E-state index is -0.143. The van der Waals surface area contributed by atoms with Crippen molar-refractivity contribution in [2.75, 3.05) is 0 Å². The topological polar surface area (TPSA) is 48.2 Å². The minimum absolute atomic E-state index is 0.143. The number of aliphatic imine (C=N–C) groups is 1. The monoisotopic (exact) mass is 243 g/mol. The predicted molar refractivity (Wildman–Crippen MR) is 70.4 cm³/mol. The molecule has 1 aliphatic rings. The number of hydrogen-bond donors (Lipinski definition) is 2. The maximum atomic E-state index is 7.21. The van der Waals surface area contributed by atoms with Crippen LogP contribution in [0.3, 0.4) is 0 Å². The molecule has 4 heteroatoms. The van der Waals surface area contributed by atoms with Crippen LogP contribution in [0, 0.1) is 17.2 Å². The molecule has 0 aromatic carbocycles. The van der Waals surface area contributed by atoms with E-state index < -0.39 is 0 Å². The summed E-state index contributed by atoms with van der Waals surface area (Å²) >= 11 is 5.51. The molecule has 0 bridgehead atoms. The Morgan fingerprint density at radius 1 is 1.62 bits per heavy atom. The van der Waals surface area contributed by atoms with Gasteiger partial charge in [0.25, 0.3) is 0 Å². The van der Waals surface area contributed by atoms with E-state index in [9.17, 15) is 0 Å². The van der Waals surface area contributed by atoms with Gasteiger partial charge in [-0.05, 0) is 36.3 Å². The fourth-order valence-corrected chi connectivity index (χ4v) is 2.62. The van der Waals surface area contributed by atoms with E-state index in [2.05, 4.69) is 31.1 Å². The van der Waals surface area contributed by atoms with Crippen LogP contribution >= 0.6 is 11.6 Å². The quantitative estimate of drug-likeness (QED) is 0.446. The summed E-state index contributed by atoms with van der Waals surface area (Å²) in [5.74, 6) is 2.06. The third-order valence-electron chi connectivity index (χ3n) is 3.85. The summed E-state index contributed by atoms with van der Waals surface area (Å²) in [6.45, 7) is 8.78. The van der Waals surface area contributed by atoms with Crippen LogP contribution in [0.15, 0.2) is 4.99 Å². The van der Waals surface area contributed by atoms with Crippen LogP contribution in [0.4, 0.5) is 0 Å². The van der Waals surface area contributed by atoms with Gasteiger partial charge in [-0.15, -0.1) is 0 Å². The van der Waals surface area contributed by atoms with Crippen molar-refractivity contribution in [2.24, 2.45) is 16.8 Å². The van der Waals surface area contributed by atoms with Gasteiger partial charge >= 0.3 is 0 Å². The van der Waals surface area contributed by atoms with Crippen LogP contribution < -0.4 is 5.32 Å². The number of nitrogens with one attached hydrogen (secondary N) is 2. The van der Waals surface area contributed by atoms with Crippen LogP contribution in [0.25, 0.3) is 0 Å². The zero-order valence-corrected chi connectivity index (χ0v) is 11.4. The lowest BCUT2D eigenvalue weighted by molar-refractivity contribution is 0.0680. The molecule has 1 fully saturated rings. The molecule has 1 aliphatic carbocycles. The maximum Gasteiger partial charge on any atom is 0.216 e. The molecule has 0 amide bonds. The third kappa shape index (κ3) is 2.57. The van der Waals surface area contributed by atoms with Crippen molar-refractivity contribution in [3.63, 3.8) is 0 Å². The van der Waals surface area contributed by atoms with Crippen molar-refractivity contribution in [1.29, 1.82) is 5.41 Å². The molecular formula is C12H22ClN3. The molecule has 1 saturated carbocycles. The van der Waals surface area contributed by atoms with Gasteiger partial charge in [-0.1, -0.05) is 27.7 Å². The van der Waals surface area contributed by atoms with Crippen LogP contribution in [0.2, 0.25) is 0 Å². The Bertz CT molecular complexity index is 292. The van der Waals surface area contributed by atoms with E-state index in [1.54, 1.807) is 0 Å². The van der Waals surface area contributed by atoms with Gasteiger partial charge in [-0.2, -0.15) is 0 Å². The van der Waals surface area contributed by atoms with E-state index >= 15 is 0 Å². The van der Waals surface area contributed by atoms with E-state index in [1.165, 1.54) is 12.8 Å². The highest BCUT2D eigenvalue weighted by atomic mass is 35.5. The van der Waals surface area contributed by atoms with Gasteiger partial charge in [0.1, 0.15) is 5.84 Å². The van der Waals surface area contributed by atoms with Crippen LogP contribution in [-0.4, -0.2) is 16.7 Å². The highest BCUT2D eigenvalue weighted by molar-refractivity contribution is 6.64. The Balaban J connectivity index is 2.80. The summed E-state index contributed by atoms with van der Waals surface area (Å²) in [4.78, 5) is 4.03. The molecule has 0 aliphatic heterocycles. The molecule has 3 nitrogen and oxygen atoms in total. The highest BCUT2D eigenvalue weighted by Crippen LogP contribution is 2.43. The first kappa shape index (κ1) is 13.5. The largest absolute Gasteiger partial charge is 0.367 e. The number of amidine groups is 2. The summed E-state index contributed by atoms with van der Waals surface area (Å²) < 4.78 is 0. The molecule has 0 radical (unpaired) electrons. The number of hydrogen-bond acceptors (Lipinski definition) is 1. The van der Waals surface area contributed by atoms with E-state index in [-0.39, 0.29) is 10.8 Å². The average molecular weight is 244 g/mol. The van der Waals surface area contributed by atoms with Gasteiger partial charge in [0.05, 0.1) is 0 Å². The van der Waals surface area contributed by atoms with Gasteiger partial charge in [-0.3, -0.25) is 5.41 Å². The summed E-state index contributed by atoms with van der Waals surface area (Å²) in [5, 5.41) is 10.6. The normalized spacial score (nSPS) is 30.1. The molecule has 1 unspecified atom stereocenters. The zero-order valence-electron chi connectivity index (χ0n) is 10.6.